The standard InChI is InChI=1S/C13H17N3O3S/c14-9-11-12(5-4-8-15-11)20(18,19)16-13(10-17)6-2-1-3-7-13/h4-5,8,16-17H,1-3,6-7,10H2. The van der Waals surface area contributed by atoms with Crippen LogP contribution < -0.4 is 4.72 Å². The van der Waals surface area contributed by atoms with Crippen LogP contribution in [-0.2, 0) is 10.0 Å². The van der Waals surface area contributed by atoms with Gasteiger partial charge in [-0.15, -0.1) is 0 Å². The molecule has 1 aliphatic carbocycles. The minimum absolute atomic E-state index is 0.135. The maximum atomic E-state index is 12.4. The van der Waals surface area contributed by atoms with Crippen molar-refractivity contribution >= 4 is 10.0 Å². The fourth-order valence-corrected chi connectivity index (χ4v) is 4.11. The molecular formula is C13H17N3O3S. The molecule has 0 spiro atoms. The van der Waals surface area contributed by atoms with Gasteiger partial charge in [0.05, 0.1) is 12.1 Å². The molecule has 1 aliphatic rings. The van der Waals surface area contributed by atoms with E-state index in [4.69, 9.17) is 5.26 Å². The largest absolute Gasteiger partial charge is 0.394 e. The van der Waals surface area contributed by atoms with Gasteiger partial charge in [-0.05, 0) is 25.0 Å². The van der Waals surface area contributed by atoms with Gasteiger partial charge in [0.1, 0.15) is 11.0 Å². The summed E-state index contributed by atoms with van der Waals surface area (Å²) in [7, 11) is -3.87. The molecule has 0 aromatic carbocycles. The maximum absolute atomic E-state index is 12.4. The molecule has 108 valence electrons. The van der Waals surface area contributed by atoms with Crippen LogP contribution in [0.4, 0.5) is 0 Å². The van der Waals surface area contributed by atoms with Crippen LogP contribution >= 0.6 is 0 Å². The Balaban J connectivity index is 2.33. The molecular weight excluding hydrogens is 278 g/mol. The summed E-state index contributed by atoms with van der Waals surface area (Å²) >= 11 is 0. The minimum atomic E-state index is -3.87. The van der Waals surface area contributed by atoms with Gasteiger partial charge in [0, 0.05) is 6.20 Å². The van der Waals surface area contributed by atoms with E-state index in [1.54, 1.807) is 6.07 Å². The first-order valence-corrected chi connectivity index (χ1v) is 8.01. The van der Waals surface area contributed by atoms with Gasteiger partial charge in [0.2, 0.25) is 10.0 Å². The molecule has 0 saturated heterocycles. The minimum Gasteiger partial charge on any atom is -0.394 e. The molecule has 1 heterocycles. The van der Waals surface area contributed by atoms with Crippen LogP contribution in [0.5, 0.6) is 0 Å². The van der Waals surface area contributed by atoms with Gasteiger partial charge in [-0.3, -0.25) is 0 Å². The number of nitriles is 1. The van der Waals surface area contributed by atoms with Crippen molar-refractivity contribution in [1.82, 2.24) is 9.71 Å². The van der Waals surface area contributed by atoms with E-state index in [1.165, 1.54) is 18.3 Å². The summed E-state index contributed by atoms with van der Waals surface area (Å²) in [4.78, 5) is 3.62. The van der Waals surface area contributed by atoms with Crippen molar-refractivity contribution in [3.8, 4) is 6.07 Å². The van der Waals surface area contributed by atoms with Gasteiger partial charge in [-0.1, -0.05) is 19.3 Å². The van der Waals surface area contributed by atoms with E-state index in [-0.39, 0.29) is 17.2 Å². The van der Waals surface area contributed by atoms with Gasteiger partial charge >= 0.3 is 0 Å². The van der Waals surface area contributed by atoms with Crippen LogP contribution in [0.3, 0.4) is 0 Å². The highest BCUT2D eigenvalue weighted by Gasteiger charge is 2.36. The maximum Gasteiger partial charge on any atom is 0.244 e. The summed E-state index contributed by atoms with van der Waals surface area (Å²) in [5.41, 5.74) is -0.955. The molecule has 2 rings (SSSR count). The van der Waals surface area contributed by atoms with Gasteiger partial charge in [0.15, 0.2) is 5.69 Å². The Bertz CT molecular complexity index is 616. The van der Waals surface area contributed by atoms with E-state index < -0.39 is 15.6 Å². The summed E-state index contributed by atoms with van der Waals surface area (Å²) in [6.07, 6.45) is 5.37. The summed E-state index contributed by atoms with van der Waals surface area (Å²) in [5, 5.41) is 18.5. The fourth-order valence-electron chi connectivity index (χ4n) is 2.55. The van der Waals surface area contributed by atoms with E-state index in [2.05, 4.69) is 9.71 Å². The predicted molar refractivity (Wildman–Crippen MR) is 72.2 cm³/mol. The lowest BCUT2D eigenvalue weighted by Crippen LogP contribution is -2.52. The molecule has 7 heteroatoms. The van der Waals surface area contributed by atoms with E-state index in [0.717, 1.165) is 19.3 Å². The molecule has 0 aliphatic heterocycles. The average Bonchev–Trinajstić information content (AvgIpc) is 2.47. The Labute approximate surface area is 118 Å². The second-order valence-electron chi connectivity index (χ2n) is 5.07. The Morgan fingerprint density at radius 2 is 2.10 bits per heavy atom. The molecule has 0 amide bonds. The second-order valence-corrected chi connectivity index (χ2v) is 6.72. The van der Waals surface area contributed by atoms with Crippen molar-refractivity contribution in [2.24, 2.45) is 0 Å². The number of nitrogens with one attached hydrogen (secondary N) is 1. The first-order chi connectivity index (χ1) is 9.53. The molecule has 6 nitrogen and oxygen atoms in total. The predicted octanol–water partition coefficient (Wildman–Crippen LogP) is 0.927. The highest BCUT2D eigenvalue weighted by Crippen LogP contribution is 2.29. The van der Waals surface area contributed by atoms with E-state index in [9.17, 15) is 13.5 Å². The van der Waals surface area contributed by atoms with Crippen LogP contribution in [0.15, 0.2) is 23.2 Å². The van der Waals surface area contributed by atoms with E-state index in [0.29, 0.717) is 12.8 Å². The van der Waals surface area contributed by atoms with Gasteiger partial charge in [-0.25, -0.2) is 18.1 Å². The number of pyridine rings is 1. The van der Waals surface area contributed by atoms with Crippen molar-refractivity contribution < 1.29 is 13.5 Å². The molecule has 0 atom stereocenters. The number of hydrogen-bond donors (Lipinski definition) is 2. The lowest BCUT2D eigenvalue weighted by Gasteiger charge is -2.36. The third-order valence-electron chi connectivity index (χ3n) is 3.63. The molecule has 1 fully saturated rings. The molecule has 1 aromatic heterocycles. The van der Waals surface area contributed by atoms with Gasteiger partial charge in [-0.2, -0.15) is 5.26 Å². The quantitative estimate of drug-likeness (QED) is 0.860. The third-order valence-corrected chi connectivity index (χ3v) is 5.24. The van der Waals surface area contributed by atoms with Crippen molar-refractivity contribution in [1.29, 1.82) is 5.26 Å². The zero-order chi connectivity index (χ0) is 14.6. The number of aromatic nitrogens is 1. The normalized spacial score (nSPS) is 18.4. The van der Waals surface area contributed by atoms with Crippen molar-refractivity contribution in [3.63, 3.8) is 0 Å². The zero-order valence-corrected chi connectivity index (χ0v) is 11.9. The Hall–Kier alpha value is -1.49. The summed E-state index contributed by atoms with van der Waals surface area (Å²) < 4.78 is 27.4. The summed E-state index contributed by atoms with van der Waals surface area (Å²) in [5.74, 6) is 0. The molecule has 1 aromatic rings. The topological polar surface area (TPSA) is 103 Å². The molecule has 0 unspecified atom stereocenters. The molecule has 2 N–H and O–H groups in total. The number of aliphatic hydroxyl groups excluding tert-OH is 1. The Morgan fingerprint density at radius 3 is 2.70 bits per heavy atom. The van der Waals surface area contributed by atoms with Crippen LogP contribution in [-0.4, -0.2) is 30.7 Å². The van der Waals surface area contributed by atoms with Crippen molar-refractivity contribution in [3.05, 3.63) is 24.0 Å². The van der Waals surface area contributed by atoms with Crippen molar-refractivity contribution in [2.45, 2.75) is 42.5 Å². The Kier molecular flexibility index (Phi) is 4.38. The van der Waals surface area contributed by atoms with Crippen LogP contribution in [0.2, 0.25) is 0 Å². The highest BCUT2D eigenvalue weighted by atomic mass is 32.2. The first-order valence-electron chi connectivity index (χ1n) is 6.53. The first kappa shape index (κ1) is 14.9. The molecule has 1 saturated carbocycles. The second kappa shape index (κ2) is 5.87. The van der Waals surface area contributed by atoms with Gasteiger partial charge < -0.3 is 5.11 Å². The van der Waals surface area contributed by atoms with Crippen molar-refractivity contribution in [2.75, 3.05) is 6.61 Å². The number of aliphatic hydroxyl groups is 1. The molecule has 20 heavy (non-hydrogen) atoms. The SMILES string of the molecule is N#Cc1ncccc1S(=O)(=O)NC1(CO)CCCCC1. The zero-order valence-electron chi connectivity index (χ0n) is 11.0. The molecule has 0 radical (unpaired) electrons. The number of nitrogens with zero attached hydrogens (tertiary/aromatic N) is 2. The third kappa shape index (κ3) is 2.98. The number of rotatable bonds is 4. The fraction of sp³-hybridized carbons (Fsp3) is 0.538. The lowest BCUT2D eigenvalue weighted by molar-refractivity contribution is 0.142. The van der Waals surface area contributed by atoms with E-state index >= 15 is 0 Å². The average molecular weight is 295 g/mol. The summed E-state index contributed by atoms with van der Waals surface area (Å²) in [6, 6.07) is 4.60. The van der Waals surface area contributed by atoms with Crippen LogP contribution in [0.25, 0.3) is 0 Å². The Morgan fingerprint density at radius 1 is 1.40 bits per heavy atom. The van der Waals surface area contributed by atoms with Crippen LogP contribution in [0, 0.1) is 11.3 Å². The lowest BCUT2D eigenvalue weighted by atomic mass is 9.83. The summed E-state index contributed by atoms with van der Waals surface area (Å²) in [6.45, 7) is -0.242. The molecule has 0 bridgehead atoms. The number of sulfonamides is 1. The van der Waals surface area contributed by atoms with E-state index in [1.807, 2.05) is 0 Å². The van der Waals surface area contributed by atoms with Crippen LogP contribution in [0.1, 0.15) is 37.8 Å². The number of hydrogen-bond acceptors (Lipinski definition) is 5. The smallest absolute Gasteiger partial charge is 0.244 e. The van der Waals surface area contributed by atoms with Gasteiger partial charge in [0.25, 0.3) is 0 Å². The monoisotopic (exact) mass is 295 g/mol. The highest BCUT2D eigenvalue weighted by molar-refractivity contribution is 7.89.